The number of ketones is 2. The first kappa shape index (κ1) is 19.0. The molecule has 1 aliphatic rings. The van der Waals surface area contributed by atoms with Crippen LogP contribution in [0.25, 0.3) is 0 Å². The molecule has 0 aromatic heterocycles. The van der Waals surface area contributed by atoms with Gasteiger partial charge < -0.3 is 14.0 Å². The standard InChI is InChI=1S/C18H25O5P/c1-6-11-7-8-12(22-24)9-13(11)14-15(19)17(2,3)23-18(4,10-21-5)16(14)20/h7-9,14H,6,10,24H2,1-5H3. The summed E-state index contributed by atoms with van der Waals surface area (Å²) in [5.41, 5.74) is -0.606. The topological polar surface area (TPSA) is 61.8 Å². The number of benzene rings is 1. The maximum absolute atomic E-state index is 13.1. The fourth-order valence-corrected chi connectivity index (χ4v) is 3.48. The Kier molecular flexibility index (Phi) is 5.48. The third kappa shape index (κ3) is 3.26. The number of ether oxygens (including phenoxy) is 2. The normalized spacial score (nSPS) is 26.5. The van der Waals surface area contributed by atoms with Crippen LogP contribution < -0.4 is 4.52 Å². The SMILES string of the molecule is CCc1ccc(OP)cc1C1C(=O)C(C)(C)OC(C)(COC)C1=O. The highest BCUT2D eigenvalue weighted by molar-refractivity contribution is 7.10. The average molecular weight is 352 g/mol. The van der Waals surface area contributed by atoms with Crippen LogP contribution in [0.3, 0.4) is 0 Å². The molecule has 3 unspecified atom stereocenters. The lowest BCUT2D eigenvalue weighted by Gasteiger charge is -2.44. The van der Waals surface area contributed by atoms with Crippen molar-refractivity contribution in [1.82, 2.24) is 0 Å². The van der Waals surface area contributed by atoms with Gasteiger partial charge in [0.05, 0.1) is 16.1 Å². The molecule has 0 amide bonds. The fourth-order valence-electron chi connectivity index (χ4n) is 3.33. The monoisotopic (exact) mass is 352 g/mol. The molecule has 6 heteroatoms. The van der Waals surface area contributed by atoms with Crippen molar-refractivity contribution in [2.24, 2.45) is 0 Å². The van der Waals surface area contributed by atoms with Crippen LogP contribution in [0.4, 0.5) is 0 Å². The Bertz CT molecular complexity index is 655. The van der Waals surface area contributed by atoms with E-state index in [0.717, 1.165) is 5.56 Å². The van der Waals surface area contributed by atoms with E-state index in [1.54, 1.807) is 26.8 Å². The third-order valence-electron chi connectivity index (χ3n) is 4.48. The van der Waals surface area contributed by atoms with E-state index in [4.69, 9.17) is 14.0 Å². The van der Waals surface area contributed by atoms with E-state index >= 15 is 0 Å². The van der Waals surface area contributed by atoms with Crippen molar-refractivity contribution in [2.45, 2.75) is 51.2 Å². The second-order valence-electron chi connectivity index (χ2n) is 6.77. The Morgan fingerprint density at radius 3 is 2.42 bits per heavy atom. The molecule has 1 aromatic carbocycles. The number of aryl methyl sites for hydroxylation is 1. The Labute approximate surface area is 145 Å². The fraction of sp³-hybridized carbons (Fsp3) is 0.556. The van der Waals surface area contributed by atoms with Crippen molar-refractivity contribution < 1.29 is 23.6 Å². The zero-order valence-electron chi connectivity index (χ0n) is 14.8. The highest BCUT2D eigenvalue weighted by Gasteiger charge is 2.55. The molecule has 0 bridgehead atoms. The number of hydrogen-bond donors (Lipinski definition) is 0. The van der Waals surface area contributed by atoms with Crippen LogP contribution >= 0.6 is 9.47 Å². The van der Waals surface area contributed by atoms with E-state index in [0.29, 0.717) is 17.7 Å². The second kappa shape index (κ2) is 6.91. The highest BCUT2D eigenvalue weighted by Crippen LogP contribution is 2.40. The van der Waals surface area contributed by atoms with E-state index in [1.165, 1.54) is 7.11 Å². The third-order valence-corrected chi connectivity index (χ3v) is 4.76. The summed E-state index contributed by atoms with van der Waals surface area (Å²) in [5, 5.41) is 0. The van der Waals surface area contributed by atoms with Crippen LogP contribution in [0.1, 0.15) is 44.7 Å². The number of hydrogen-bond acceptors (Lipinski definition) is 5. The molecule has 1 aliphatic heterocycles. The molecule has 1 fully saturated rings. The van der Waals surface area contributed by atoms with Gasteiger partial charge in [0, 0.05) is 7.11 Å². The average Bonchev–Trinajstić information content (AvgIpc) is 2.53. The van der Waals surface area contributed by atoms with Crippen molar-refractivity contribution in [3.63, 3.8) is 0 Å². The van der Waals surface area contributed by atoms with Crippen LogP contribution in [0, 0.1) is 0 Å². The molecular formula is C18H25O5P. The highest BCUT2D eigenvalue weighted by atomic mass is 31.0. The second-order valence-corrected chi connectivity index (χ2v) is 7.01. The zero-order chi connectivity index (χ0) is 18.1. The van der Waals surface area contributed by atoms with Crippen molar-refractivity contribution >= 4 is 21.0 Å². The van der Waals surface area contributed by atoms with Gasteiger partial charge in [-0.15, -0.1) is 0 Å². The van der Waals surface area contributed by atoms with Gasteiger partial charge >= 0.3 is 0 Å². The van der Waals surface area contributed by atoms with Gasteiger partial charge in [-0.2, -0.15) is 0 Å². The number of carbonyl (C=O) groups excluding carboxylic acids is 2. The van der Waals surface area contributed by atoms with Crippen LogP contribution in [-0.2, 0) is 25.5 Å². The largest absolute Gasteiger partial charge is 0.480 e. The molecule has 1 saturated heterocycles. The zero-order valence-corrected chi connectivity index (χ0v) is 16.0. The lowest BCUT2D eigenvalue weighted by molar-refractivity contribution is -0.195. The van der Waals surface area contributed by atoms with Crippen molar-refractivity contribution in [1.29, 1.82) is 0 Å². The Morgan fingerprint density at radius 2 is 1.88 bits per heavy atom. The molecule has 132 valence electrons. The summed E-state index contributed by atoms with van der Waals surface area (Å²) in [6.07, 6.45) is 0.714. The molecular weight excluding hydrogens is 327 g/mol. The van der Waals surface area contributed by atoms with Gasteiger partial charge in [0.1, 0.15) is 22.9 Å². The Balaban J connectivity index is 2.61. The summed E-state index contributed by atoms with van der Waals surface area (Å²) in [5.74, 6) is -0.810. The van der Waals surface area contributed by atoms with E-state index in [2.05, 4.69) is 9.47 Å². The minimum Gasteiger partial charge on any atom is -0.480 e. The molecule has 0 aliphatic carbocycles. The van der Waals surface area contributed by atoms with Gasteiger partial charge in [0.2, 0.25) is 0 Å². The molecule has 0 spiro atoms. The first-order valence-corrected chi connectivity index (χ1v) is 8.44. The first-order chi connectivity index (χ1) is 11.2. The molecule has 2 rings (SSSR count). The molecule has 3 atom stereocenters. The number of rotatable bonds is 5. The quantitative estimate of drug-likeness (QED) is 0.602. The summed E-state index contributed by atoms with van der Waals surface area (Å²) < 4.78 is 16.2. The molecule has 1 aromatic rings. The minimum absolute atomic E-state index is 0.0975. The molecule has 0 saturated carbocycles. The molecule has 0 N–H and O–H groups in total. The predicted molar refractivity (Wildman–Crippen MR) is 94.4 cm³/mol. The number of methoxy groups -OCH3 is 1. The summed E-state index contributed by atoms with van der Waals surface area (Å²) in [6.45, 7) is 7.17. The summed E-state index contributed by atoms with van der Waals surface area (Å²) in [6, 6.07) is 5.48. The number of Topliss-reactive ketones (excluding diaryl/α,β-unsaturated/α-hetero) is 2. The van der Waals surface area contributed by atoms with Gasteiger partial charge in [0.15, 0.2) is 11.6 Å². The maximum atomic E-state index is 13.1. The van der Waals surface area contributed by atoms with Gasteiger partial charge in [-0.3, -0.25) is 9.59 Å². The summed E-state index contributed by atoms with van der Waals surface area (Å²) in [4.78, 5) is 26.1. The molecule has 5 nitrogen and oxygen atoms in total. The van der Waals surface area contributed by atoms with E-state index in [1.807, 2.05) is 19.1 Å². The summed E-state index contributed by atoms with van der Waals surface area (Å²) in [7, 11) is 3.69. The molecule has 24 heavy (non-hydrogen) atoms. The first-order valence-electron chi connectivity index (χ1n) is 7.97. The molecule has 0 radical (unpaired) electrons. The summed E-state index contributed by atoms with van der Waals surface area (Å²) >= 11 is 0. The Hall–Kier alpha value is -1.29. The van der Waals surface area contributed by atoms with Crippen LogP contribution in [0.2, 0.25) is 0 Å². The van der Waals surface area contributed by atoms with E-state index in [9.17, 15) is 9.59 Å². The van der Waals surface area contributed by atoms with Gasteiger partial charge in [-0.25, -0.2) is 0 Å². The lowest BCUT2D eigenvalue weighted by atomic mass is 9.73. The lowest BCUT2D eigenvalue weighted by Crippen LogP contribution is -2.61. The van der Waals surface area contributed by atoms with Crippen molar-refractivity contribution in [2.75, 3.05) is 13.7 Å². The van der Waals surface area contributed by atoms with Crippen LogP contribution in [0.15, 0.2) is 18.2 Å². The van der Waals surface area contributed by atoms with Gasteiger partial charge in [-0.1, -0.05) is 13.0 Å². The van der Waals surface area contributed by atoms with Gasteiger partial charge in [0.25, 0.3) is 0 Å². The molecule has 1 heterocycles. The van der Waals surface area contributed by atoms with E-state index < -0.39 is 17.1 Å². The maximum Gasteiger partial charge on any atom is 0.181 e. The Morgan fingerprint density at radius 1 is 1.21 bits per heavy atom. The minimum atomic E-state index is -1.17. The van der Waals surface area contributed by atoms with Crippen LogP contribution in [0.5, 0.6) is 5.75 Å². The number of carbonyl (C=O) groups is 2. The van der Waals surface area contributed by atoms with Crippen molar-refractivity contribution in [3.05, 3.63) is 29.3 Å². The van der Waals surface area contributed by atoms with E-state index in [-0.39, 0.29) is 18.2 Å². The van der Waals surface area contributed by atoms with Crippen LogP contribution in [-0.4, -0.2) is 36.5 Å². The van der Waals surface area contributed by atoms with Crippen molar-refractivity contribution in [3.8, 4) is 5.75 Å². The smallest absolute Gasteiger partial charge is 0.181 e. The predicted octanol–water partition coefficient (Wildman–Crippen LogP) is 2.85. The van der Waals surface area contributed by atoms with Gasteiger partial charge in [-0.05, 0) is 50.5 Å².